The van der Waals surface area contributed by atoms with E-state index in [-0.39, 0.29) is 11.3 Å². The fourth-order valence-electron chi connectivity index (χ4n) is 3.42. The van der Waals surface area contributed by atoms with E-state index in [4.69, 9.17) is 14.2 Å². The van der Waals surface area contributed by atoms with Crippen molar-refractivity contribution in [3.63, 3.8) is 0 Å². The highest BCUT2D eigenvalue weighted by molar-refractivity contribution is 6.00. The van der Waals surface area contributed by atoms with Crippen LogP contribution in [0.2, 0.25) is 0 Å². The molecule has 0 aliphatic carbocycles. The lowest BCUT2D eigenvalue weighted by atomic mass is 10.1. The second kappa shape index (κ2) is 9.99. The summed E-state index contributed by atoms with van der Waals surface area (Å²) in [6, 6.07) is 19.9. The number of esters is 1. The van der Waals surface area contributed by atoms with Gasteiger partial charge >= 0.3 is 5.97 Å². The predicted molar refractivity (Wildman–Crippen MR) is 123 cm³/mol. The zero-order valence-electron chi connectivity index (χ0n) is 18.5. The maximum Gasteiger partial charge on any atom is 0.359 e. The van der Waals surface area contributed by atoms with Gasteiger partial charge in [-0.05, 0) is 42.0 Å². The van der Waals surface area contributed by atoms with E-state index < -0.39 is 24.2 Å². The molecule has 34 heavy (non-hydrogen) atoms. The Morgan fingerprint density at radius 2 is 1.62 bits per heavy atom. The fraction of sp³-hybridized carbons (Fsp3) is 0.115. The SMILES string of the molecule is COc1ccc(-c2cn(-c3ccccc3)nc2C(=O)OCC(=O)c2ccccc2F)cc1OC. The summed E-state index contributed by atoms with van der Waals surface area (Å²) in [4.78, 5) is 25.3. The Bertz CT molecular complexity index is 1330. The Morgan fingerprint density at radius 1 is 0.912 bits per heavy atom. The summed E-state index contributed by atoms with van der Waals surface area (Å²) in [6.45, 7) is -0.622. The molecule has 4 rings (SSSR count). The third-order valence-corrected chi connectivity index (χ3v) is 5.13. The molecule has 0 N–H and O–H groups in total. The average Bonchev–Trinajstić information content (AvgIpc) is 3.33. The molecule has 1 aromatic heterocycles. The van der Waals surface area contributed by atoms with E-state index in [1.807, 2.05) is 30.3 Å². The molecule has 0 aliphatic rings. The molecular formula is C26H21FN2O5. The van der Waals surface area contributed by atoms with Crippen molar-refractivity contribution >= 4 is 11.8 Å². The minimum absolute atomic E-state index is 0.00240. The summed E-state index contributed by atoms with van der Waals surface area (Å²) in [6.07, 6.45) is 1.69. The third-order valence-electron chi connectivity index (χ3n) is 5.13. The maximum absolute atomic E-state index is 13.9. The monoisotopic (exact) mass is 460 g/mol. The van der Waals surface area contributed by atoms with E-state index in [9.17, 15) is 14.0 Å². The van der Waals surface area contributed by atoms with Crippen LogP contribution in [-0.2, 0) is 4.74 Å². The summed E-state index contributed by atoms with van der Waals surface area (Å²) in [7, 11) is 3.04. The summed E-state index contributed by atoms with van der Waals surface area (Å²) in [5, 5.41) is 4.41. The summed E-state index contributed by atoms with van der Waals surface area (Å²) in [5.74, 6) is -1.14. The number of nitrogens with zero attached hydrogens (tertiary/aromatic N) is 2. The van der Waals surface area contributed by atoms with Gasteiger partial charge in [-0.3, -0.25) is 4.79 Å². The van der Waals surface area contributed by atoms with Gasteiger partial charge in [0.05, 0.1) is 25.5 Å². The molecule has 1 heterocycles. The number of rotatable bonds is 8. The number of Topliss-reactive ketones (excluding diaryl/α,β-unsaturated/α-hetero) is 1. The van der Waals surface area contributed by atoms with Crippen LogP contribution < -0.4 is 9.47 Å². The molecule has 0 radical (unpaired) electrons. The van der Waals surface area contributed by atoms with Gasteiger partial charge < -0.3 is 14.2 Å². The van der Waals surface area contributed by atoms with Gasteiger partial charge in [-0.1, -0.05) is 36.4 Å². The topological polar surface area (TPSA) is 79.7 Å². The zero-order valence-corrected chi connectivity index (χ0v) is 18.5. The molecule has 8 heteroatoms. The van der Waals surface area contributed by atoms with Gasteiger partial charge in [0.1, 0.15) is 5.82 Å². The molecule has 0 saturated heterocycles. The van der Waals surface area contributed by atoms with E-state index in [2.05, 4.69) is 5.10 Å². The average molecular weight is 460 g/mol. The molecule has 0 fully saturated rings. The Balaban J connectivity index is 1.68. The normalized spacial score (nSPS) is 10.6. The number of para-hydroxylation sites is 1. The number of carbonyl (C=O) groups is 2. The number of ether oxygens (including phenoxy) is 3. The van der Waals surface area contributed by atoms with Crippen LogP contribution in [0.25, 0.3) is 16.8 Å². The van der Waals surface area contributed by atoms with Gasteiger partial charge in [-0.15, -0.1) is 0 Å². The van der Waals surface area contributed by atoms with Crippen LogP contribution in [-0.4, -0.2) is 42.4 Å². The molecule has 172 valence electrons. The van der Waals surface area contributed by atoms with Crippen molar-refractivity contribution in [2.24, 2.45) is 0 Å². The van der Waals surface area contributed by atoms with Gasteiger partial charge in [0.2, 0.25) is 5.78 Å². The van der Waals surface area contributed by atoms with Crippen LogP contribution in [0.3, 0.4) is 0 Å². The molecule has 0 aliphatic heterocycles. The van der Waals surface area contributed by atoms with E-state index in [1.54, 1.807) is 29.1 Å². The Labute approximate surface area is 195 Å². The number of methoxy groups -OCH3 is 2. The number of hydrogen-bond acceptors (Lipinski definition) is 6. The van der Waals surface area contributed by atoms with E-state index in [0.29, 0.717) is 22.6 Å². The molecule has 0 atom stereocenters. The van der Waals surface area contributed by atoms with Crippen LogP contribution in [0.4, 0.5) is 4.39 Å². The smallest absolute Gasteiger partial charge is 0.359 e. The molecule has 0 saturated carbocycles. The first kappa shape index (κ1) is 22.7. The second-order valence-electron chi connectivity index (χ2n) is 7.22. The molecule has 3 aromatic carbocycles. The zero-order chi connectivity index (χ0) is 24.1. The maximum atomic E-state index is 13.9. The lowest BCUT2D eigenvalue weighted by Gasteiger charge is -2.09. The standard InChI is InChI=1S/C26H21FN2O5/c1-32-23-13-12-17(14-24(23)33-2)20-15-29(18-8-4-3-5-9-18)28-25(20)26(31)34-16-22(30)19-10-6-7-11-21(19)27/h3-15H,16H2,1-2H3. The first-order valence-electron chi connectivity index (χ1n) is 10.3. The first-order chi connectivity index (χ1) is 16.5. The van der Waals surface area contributed by atoms with E-state index in [1.165, 1.54) is 38.5 Å². The van der Waals surface area contributed by atoms with Crippen LogP contribution in [0.1, 0.15) is 20.8 Å². The first-order valence-corrected chi connectivity index (χ1v) is 10.3. The number of benzene rings is 3. The third kappa shape index (κ3) is 4.66. The number of halogens is 1. The van der Waals surface area contributed by atoms with Gasteiger partial charge in [0, 0.05) is 11.8 Å². The van der Waals surface area contributed by atoms with Crippen molar-refractivity contribution in [1.29, 1.82) is 0 Å². The Morgan fingerprint density at radius 3 is 2.32 bits per heavy atom. The predicted octanol–water partition coefficient (Wildman–Crippen LogP) is 4.74. The minimum Gasteiger partial charge on any atom is -0.493 e. The molecule has 4 aromatic rings. The molecule has 7 nitrogen and oxygen atoms in total. The Kier molecular flexibility index (Phi) is 6.68. The van der Waals surface area contributed by atoms with Gasteiger partial charge in [0.25, 0.3) is 0 Å². The number of hydrogen-bond donors (Lipinski definition) is 0. The molecule has 0 spiro atoms. The van der Waals surface area contributed by atoms with Crippen LogP contribution >= 0.6 is 0 Å². The summed E-state index contributed by atoms with van der Waals surface area (Å²) >= 11 is 0. The lowest BCUT2D eigenvalue weighted by molar-refractivity contribution is 0.0468. The van der Waals surface area contributed by atoms with Crippen LogP contribution in [0.5, 0.6) is 11.5 Å². The van der Waals surface area contributed by atoms with Gasteiger partial charge in [0.15, 0.2) is 23.8 Å². The molecule has 0 amide bonds. The van der Waals surface area contributed by atoms with Crippen molar-refractivity contribution < 1.29 is 28.2 Å². The van der Waals surface area contributed by atoms with Crippen molar-refractivity contribution in [3.05, 3.63) is 96.1 Å². The summed E-state index contributed by atoms with van der Waals surface area (Å²) in [5.41, 5.74) is 1.67. The highest BCUT2D eigenvalue weighted by Crippen LogP contribution is 2.34. The number of ketones is 1. The lowest BCUT2D eigenvalue weighted by Crippen LogP contribution is -2.16. The van der Waals surface area contributed by atoms with Crippen molar-refractivity contribution in [2.75, 3.05) is 20.8 Å². The fourth-order valence-corrected chi connectivity index (χ4v) is 3.42. The van der Waals surface area contributed by atoms with Crippen molar-refractivity contribution in [2.45, 2.75) is 0 Å². The highest BCUT2D eigenvalue weighted by Gasteiger charge is 2.23. The summed E-state index contributed by atoms with van der Waals surface area (Å²) < 4.78 is 31.3. The van der Waals surface area contributed by atoms with Crippen molar-refractivity contribution in [3.8, 4) is 28.3 Å². The second-order valence-corrected chi connectivity index (χ2v) is 7.22. The Hall–Kier alpha value is -4.46. The van der Waals surface area contributed by atoms with Gasteiger partial charge in [-0.25, -0.2) is 13.9 Å². The number of carbonyl (C=O) groups excluding carboxylic acids is 2. The van der Waals surface area contributed by atoms with Gasteiger partial charge in [-0.2, -0.15) is 5.10 Å². The van der Waals surface area contributed by atoms with E-state index >= 15 is 0 Å². The molecule has 0 bridgehead atoms. The van der Waals surface area contributed by atoms with Crippen LogP contribution in [0, 0.1) is 5.82 Å². The minimum atomic E-state index is -0.816. The van der Waals surface area contributed by atoms with Crippen molar-refractivity contribution in [1.82, 2.24) is 9.78 Å². The number of aromatic nitrogens is 2. The van der Waals surface area contributed by atoms with Crippen LogP contribution in [0.15, 0.2) is 79.0 Å². The quantitative estimate of drug-likeness (QED) is 0.279. The van der Waals surface area contributed by atoms with E-state index in [0.717, 1.165) is 5.69 Å². The molecular weight excluding hydrogens is 439 g/mol. The largest absolute Gasteiger partial charge is 0.493 e. The highest BCUT2D eigenvalue weighted by atomic mass is 19.1. The molecule has 0 unspecified atom stereocenters.